The first-order valence-electron chi connectivity index (χ1n) is 17.5. The van der Waals surface area contributed by atoms with Gasteiger partial charge in [0.2, 0.25) is 0 Å². The molecule has 0 aromatic heterocycles. The lowest BCUT2D eigenvalue weighted by molar-refractivity contribution is 0.831. The van der Waals surface area contributed by atoms with Crippen LogP contribution >= 0.6 is 40.3 Å². The summed E-state index contributed by atoms with van der Waals surface area (Å²) in [6.45, 7) is 2.58. The molecule has 0 spiro atoms. The molecule has 0 amide bonds. The van der Waals surface area contributed by atoms with Gasteiger partial charge in [0.1, 0.15) is 8.07 Å². The molecule has 0 radical (unpaired) electrons. The predicted octanol–water partition coefficient (Wildman–Crippen LogP) is 12.6. The van der Waals surface area contributed by atoms with Crippen LogP contribution in [0.25, 0.3) is 21.5 Å². The standard InChI is InChI=1S/C42H51BrS2Si2/c1-34(26-29-45-2)46(30-15-27-43)31-17-33-47(32-16-28-44)41(37-22-11-5-12-23-37)39(35-18-7-3-8-19-35)40(36-20-9-4-10-21-36)42(47)38-24-13-6-14-25-38/h3-14,18-25,34,44,46H,15-17,26-33H2,1-2H3. The molecule has 4 aromatic rings. The van der Waals surface area contributed by atoms with E-state index in [-0.39, 0.29) is 0 Å². The first kappa shape index (κ1) is 36.3. The summed E-state index contributed by atoms with van der Waals surface area (Å²) in [4.78, 5) is 0. The Kier molecular flexibility index (Phi) is 14.4. The average molecular weight is 756 g/mol. The van der Waals surface area contributed by atoms with Crippen molar-refractivity contribution in [3.63, 3.8) is 0 Å². The van der Waals surface area contributed by atoms with Crippen molar-refractivity contribution in [2.75, 3.05) is 23.1 Å². The Morgan fingerprint density at radius 1 is 0.638 bits per heavy atom. The largest absolute Gasteiger partial charge is 0.179 e. The molecule has 0 aliphatic carbocycles. The van der Waals surface area contributed by atoms with E-state index in [4.69, 9.17) is 12.6 Å². The molecule has 0 N–H and O–H groups in total. The van der Waals surface area contributed by atoms with Crippen molar-refractivity contribution in [3.05, 3.63) is 144 Å². The van der Waals surface area contributed by atoms with Crippen LogP contribution in [-0.4, -0.2) is 40.0 Å². The highest BCUT2D eigenvalue weighted by Crippen LogP contribution is 2.59. The summed E-state index contributed by atoms with van der Waals surface area (Å²) < 4.78 is 0. The smallest absolute Gasteiger partial charge is 0.121 e. The fourth-order valence-electron chi connectivity index (χ4n) is 7.96. The van der Waals surface area contributed by atoms with Crippen molar-refractivity contribution in [3.8, 4) is 0 Å². The molecule has 5 rings (SSSR count). The SMILES string of the molecule is CSCCC(C)[SiH](CCCBr)CCC[Si]1(CCCS)C(c2ccccc2)=C(c2ccccc2)C(c2ccccc2)=C1c1ccccc1. The maximum absolute atomic E-state index is 4.86. The van der Waals surface area contributed by atoms with Crippen LogP contribution in [0.5, 0.6) is 0 Å². The van der Waals surface area contributed by atoms with Crippen LogP contribution in [0.2, 0.25) is 29.7 Å². The minimum atomic E-state index is -2.32. The van der Waals surface area contributed by atoms with E-state index >= 15 is 0 Å². The Balaban J connectivity index is 1.76. The minimum Gasteiger partial charge on any atom is -0.179 e. The lowest BCUT2D eigenvalue weighted by atomic mass is 9.89. The van der Waals surface area contributed by atoms with Gasteiger partial charge in [0.05, 0.1) is 0 Å². The van der Waals surface area contributed by atoms with Gasteiger partial charge < -0.3 is 0 Å². The number of hydrogen-bond donors (Lipinski definition) is 1. The van der Waals surface area contributed by atoms with Crippen LogP contribution in [0.1, 0.15) is 54.9 Å². The van der Waals surface area contributed by atoms with Gasteiger partial charge >= 0.3 is 0 Å². The zero-order valence-corrected chi connectivity index (χ0v) is 33.7. The molecule has 0 saturated heterocycles. The van der Waals surface area contributed by atoms with Crippen LogP contribution in [0.15, 0.2) is 121 Å². The van der Waals surface area contributed by atoms with E-state index < -0.39 is 16.9 Å². The monoisotopic (exact) mass is 754 g/mol. The van der Waals surface area contributed by atoms with Crippen molar-refractivity contribution in [1.82, 2.24) is 0 Å². The number of hydrogen-bond acceptors (Lipinski definition) is 2. The van der Waals surface area contributed by atoms with Gasteiger partial charge in [-0.05, 0) is 92.9 Å². The van der Waals surface area contributed by atoms with Crippen LogP contribution in [0.3, 0.4) is 0 Å². The third-order valence-corrected chi connectivity index (χ3v) is 21.4. The summed E-state index contributed by atoms with van der Waals surface area (Å²) >= 11 is 10.6. The van der Waals surface area contributed by atoms with E-state index in [1.165, 1.54) is 82.6 Å². The quantitative estimate of drug-likeness (QED) is 0.0599. The highest BCUT2D eigenvalue weighted by molar-refractivity contribution is 9.09. The van der Waals surface area contributed by atoms with Gasteiger partial charge in [0.25, 0.3) is 0 Å². The van der Waals surface area contributed by atoms with E-state index in [1.54, 1.807) is 10.4 Å². The normalized spacial score (nSPS) is 15.7. The Labute approximate surface area is 305 Å². The second-order valence-corrected chi connectivity index (χ2v) is 23.3. The minimum absolute atomic E-state index is 0.896. The van der Waals surface area contributed by atoms with Crippen LogP contribution in [0, 0.1) is 0 Å². The summed E-state index contributed by atoms with van der Waals surface area (Å²) in [6.07, 6.45) is 7.44. The highest BCUT2D eigenvalue weighted by Gasteiger charge is 2.49. The van der Waals surface area contributed by atoms with E-state index in [2.05, 4.69) is 150 Å². The molecule has 2 unspecified atom stereocenters. The first-order chi connectivity index (χ1) is 23.1. The molecule has 1 aliphatic heterocycles. The molecule has 47 heavy (non-hydrogen) atoms. The number of benzene rings is 4. The van der Waals surface area contributed by atoms with E-state index in [0.29, 0.717) is 0 Å². The zero-order chi connectivity index (χ0) is 32.9. The third kappa shape index (κ3) is 8.77. The Morgan fingerprint density at radius 2 is 1.06 bits per heavy atom. The molecule has 1 aliphatic rings. The summed E-state index contributed by atoms with van der Waals surface area (Å²) in [7, 11) is -3.23. The fourth-order valence-corrected chi connectivity index (χ4v) is 20.1. The van der Waals surface area contributed by atoms with E-state index in [1.807, 2.05) is 11.8 Å². The number of halogens is 1. The number of allylic oxidation sites excluding steroid dienone is 2. The molecular formula is C42H51BrS2Si2. The van der Waals surface area contributed by atoms with E-state index in [9.17, 15) is 0 Å². The molecule has 2 atom stereocenters. The van der Waals surface area contributed by atoms with Gasteiger partial charge in [-0.3, -0.25) is 0 Å². The number of rotatable bonds is 18. The van der Waals surface area contributed by atoms with Crippen molar-refractivity contribution in [2.45, 2.75) is 62.3 Å². The van der Waals surface area contributed by atoms with Gasteiger partial charge in [-0.25, -0.2) is 0 Å². The zero-order valence-electron chi connectivity index (χ0n) is 28.2. The maximum Gasteiger partial charge on any atom is 0.121 e. The number of alkyl halides is 1. The van der Waals surface area contributed by atoms with Gasteiger partial charge in [0, 0.05) is 14.1 Å². The maximum atomic E-state index is 4.86. The molecule has 0 bridgehead atoms. The van der Waals surface area contributed by atoms with Gasteiger partial charge in [-0.2, -0.15) is 24.4 Å². The Bertz CT molecular complexity index is 1470. The first-order valence-corrected chi connectivity index (χ1v) is 25.4. The molecule has 0 fully saturated rings. The molecule has 0 nitrogen and oxygen atoms in total. The molecule has 4 aromatic carbocycles. The lowest BCUT2D eigenvalue weighted by Crippen LogP contribution is -2.37. The molecule has 1 heterocycles. The van der Waals surface area contributed by atoms with Crippen molar-refractivity contribution in [1.29, 1.82) is 0 Å². The summed E-state index contributed by atoms with van der Waals surface area (Å²) in [5, 5.41) is 4.44. The van der Waals surface area contributed by atoms with Crippen LogP contribution in [0.4, 0.5) is 0 Å². The van der Waals surface area contributed by atoms with Gasteiger partial charge in [0.15, 0.2) is 0 Å². The number of thiol groups is 1. The summed E-state index contributed by atoms with van der Waals surface area (Å²) in [5.74, 6) is 2.22. The van der Waals surface area contributed by atoms with Crippen LogP contribution < -0.4 is 0 Å². The predicted molar refractivity (Wildman–Crippen MR) is 225 cm³/mol. The Hall–Kier alpha value is -2.03. The van der Waals surface area contributed by atoms with Crippen LogP contribution in [-0.2, 0) is 0 Å². The summed E-state index contributed by atoms with van der Waals surface area (Å²) in [6, 6.07) is 51.0. The molecule has 0 saturated carbocycles. The molecule has 5 heteroatoms. The second-order valence-electron chi connectivity index (χ2n) is 13.1. The fraction of sp³-hybridized carbons (Fsp3) is 0.333. The lowest BCUT2D eigenvalue weighted by Gasteiger charge is -2.36. The van der Waals surface area contributed by atoms with Crippen molar-refractivity contribution in [2.24, 2.45) is 0 Å². The summed E-state index contributed by atoms with van der Waals surface area (Å²) in [5.41, 5.74) is 9.34. The average Bonchev–Trinajstić information content (AvgIpc) is 3.43. The molecular weight excluding hydrogens is 705 g/mol. The molecule has 246 valence electrons. The topological polar surface area (TPSA) is 0 Å². The van der Waals surface area contributed by atoms with Crippen molar-refractivity contribution >= 4 is 78.7 Å². The number of thioether (sulfide) groups is 1. The third-order valence-electron chi connectivity index (χ3n) is 10.2. The van der Waals surface area contributed by atoms with E-state index in [0.717, 1.165) is 23.0 Å². The van der Waals surface area contributed by atoms with Gasteiger partial charge in [-0.1, -0.05) is 168 Å². The van der Waals surface area contributed by atoms with Crippen molar-refractivity contribution < 1.29 is 0 Å². The van der Waals surface area contributed by atoms with Gasteiger partial charge in [-0.15, -0.1) is 0 Å². The Morgan fingerprint density at radius 3 is 1.49 bits per heavy atom. The second kappa shape index (κ2) is 18.7. The highest BCUT2D eigenvalue weighted by atomic mass is 79.9.